The Bertz CT molecular complexity index is 1400. The van der Waals surface area contributed by atoms with Crippen LogP contribution in [0, 0.1) is 11.8 Å². The summed E-state index contributed by atoms with van der Waals surface area (Å²) in [4.78, 5) is 48.9. The van der Waals surface area contributed by atoms with Gasteiger partial charge in [0.25, 0.3) is 5.91 Å². The summed E-state index contributed by atoms with van der Waals surface area (Å²) in [6.45, 7) is 10.7. The van der Waals surface area contributed by atoms with Gasteiger partial charge < -0.3 is 29.3 Å². The number of hydrogen-bond donors (Lipinski definition) is 1. The highest BCUT2D eigenvalue weighted by molar-refractivity contribution is 6.06. The van der Waals surface area contributed by atoms with E-state index in [1.54, 1.807) is 46.1 Å². The van der Waals surface area contributed by atoms with E-state index in [4.69, 9.17) is 9.47 Å². The first-order valence-electron chi connectivity index (χ1n) is 15.9. The first-order chi connectivity index (χ1) is 21.8. The predicted molar refractivity (Wildman–Crippen MR) is 174 cm³/mol. The maximum Gasteiger partial charge on any atom is 0.253 e. The minimum Gasteiger partial charge on any atom is -0.497 e. The summed E-state index contributed by atoms with van der Waals surface area (Å²) in [5, 5.41) is 9.25. The Hall–Kier alpha value is -3.95. The second-order valence-electron chi connectivity index (χ2n) is 12.4. The van der Waals surface area contributed by atoms with Crippen molar-refractivity contribution in [1.29, 1.82) is 0 Å². The summed E-state index contributed by atoms with van der Waals surface area (Å²) in [7, 11) is 1.59. The van der Waals surface area contributed by atoms with Crippen molar-refractivity contribution in [3.05, 3.63) is 79.9 Å². The summed E-state index contributed by atoms with van der Waals surface area (Å²) >= 11 is 0. The van der Waals surface area contributed by atoms with Crippen LogP contribution in [0.5, 0.6) is 5.75 Å². The lowest BCUT2D eigenvalue weighted by Gasteiger charge is -2.37. The lowest BCUT2D eigenvalue weighted by Crippen LogP contribution is -2.56. The van der Waals surface area contributed by atoms with Crippen molar-refractivity contribution in [2.45, 2.75) is 62.7 Å². The third-order valence-corrected chi connectivity index (χ3v) is 9.69. The maximum atomic E-state index is 14.8. The molecule has 2 aromatic rings. The predicted octanol–water partition coefficient (Wildman–Crippen LogP) is 4.75. The molecule has 3 fully saturated rings. The van der Waals surface area contributed by atoms with Crippen LogP contribution in [0.25, 0.3) is 0 Å². The van der Waals surface area contributed by atoms with Crippen molar-refractivity contribution in [2.75, 3.05) is 43.2 Å². The van der Waals surface area contributed by atoms with Crippen LogP contribution in [0.2, 0.25) is 0 Å². The number of carbonyl (C=O) groups excluding carboxylic acids is 3. The second-order valence-corrected chi connectivity index (χ2v) is 12.4. The zero-order valence-electron chi connectivity index (χ0n) is 26.4. The van der Waals surface area contributed by atoms with Crippen LogP contribution >= 0.6 is 0 Å². The van der Waals surface area contributed by atoms with E-state index in [0.717, 1.165) is 18.5 Å². The lowest BCUT2D eigenvalue weighted by atomic mass is 9.66. The first-order valence-corrected chi connectivity index (χ1v) is 15.9. The minimum atomic E-state index is -1.14. The van der Waals surface area contributed by atoms with Crippen LogP contribution in [-0.4, -0.2) is 78.3 Å². The van der Waals surface area contributed by atoms with E-state index in [2.05, 4.69) is 13.2 Å². The molecule has 0 saturated carbocycles. The van der Waals surface area contributed by atoms with Crippen molar-refractivity contribution >= 4 is 29.1 Å². The van der Waals surface area contributed by atoms with Crippen LogP contribution in [-0.2, 0) is 19.1 Å². The average molecular weight is 616 g/mol. The van der Waals surface area contributed by atoms with Gasteiger partial charge in [0.1, 0.15) is 17.4 Å². The molecule has 2 bridgehead atoms. The Balaban J connectivity index is 1.55. The van der Waals surface area contributed by atoms with E-state index in [-0.39, 0.29) is 37.4 Å². The van der Waals surface area contributed by atoms with Crippen LogP contribution in [0.4, 0.5) is 11.4 Å². The molecule has 2 aromatic carbocycles. The van der Waals surface area contributed by atoms with Gasteiger partial charge in [0.15, 0.2) is 0 Å². The van der Waals surface area contributed by atoms with Gasteiger partial charge in [-0.3, -0.25) is 14.4 Å². The Morgan fingerprint density at radius 3 is 2.20 bits per heavy atom. The fraction of sp³-hybridized carbons (Fsp3) is 0.472. The number of likely N-dealkylation sites (tertiary alicyclic amines) is 1. The topological polar surface area (TPSA) is 99.6 Å². The number of rotatable bonds is 15. The van der Waals surface area contributed by atoms with Gasteiger partial charge in [0, 0.05) is 37.6 Å². The number of benzene rings is 2. The molecule has 9 heteroatoms. The molecule has 0 aromatic heterocycles. The van der Waals surface area contributed by atoms with Gasteiger partial charge in [-0.05, 0) is 69.0 Å². The smallest absolute Gasteiger partial charge is 0.253 e. The number of para-hydroxylation sites is 1. The summed E-state index contributed by atoms with van der Waals surface area (Å²) in [5.41, 5.74) is -0.667. The molecule has 5 rings (SSSR count). The first kappa shape index (κ1) is 32.4. The molecular weight excluding hydrogens is 570 g/mol. The molecule has 3 saturated heterocycles. The third-order valence-electron chi connectivity index (χ3n) is 9.69. The van der Waals surface area contributed by atoms with E-state index in [1.165, 1.54) is 0 Å². The Morgan fingerprint density at radius 2 is 1.58 bits per heavy atom. The number of aliphatic hydroxyl groups excluding tert-OH is 1. The Kier molecular flexibility index (Phi) is 9.79. The van der Waals surface area contributed by atoms with Gasteiger partial charge in [0.2, 0.25) is 11.8 Å². The maximum absolute atomic E-state index is 14.8. The molecule has 1 spiro atoms. The fourth-order valence-electron chi connectivity index (χ4n) is 7.66. The van der Waals surface area contributed by atoms with Gasteiger partial charge >= 0.3 is 0 Å². The molecular formula is C36H45N3O6. The van der Waals surface area contributed by atoms with Crippen LogP contribution < -0.4 is 14.5 Å². The number of nitrogens with zero attached hydrogens (tertiary/aromatic N) is 3. The molecule has 9 nitrogen and oxygen atoms in total. The quantitative estimate of drug-likeness (QED) is 0.229. The zero-order valence-corrected chi connectivity index (χ0v) is 26.4. The van der Waals surface area contributed by atoms with Crippen LogP contribution in [0.15, 0.2) is 79.9 Å². The fourth-order valence-corrected chi connectivity index (χ4v) is 7.66. The third kappa shape index (κ3) is 5.79. The SMILES string of the molecule is C=CCN(C(=O)C1N(CCCCCCO)C(=O)[C@@H]2[C@@H](C(=O)N(CC=C)c3ccccc3)[C@@]3(C)CCC12O3)c1ccc(OC)cc1. The average Bonchev–Trinajstić information content (AvgIpc) is 3.62. The van der Waals surface area contributed by atoms with E-state index in [1.807, 2.05) is 49.4 Å². The molecule has 3 aliphatic heterocycles. The van der Waals surface area contributed by atoms with Crippen molar-refractivity contribution in [1.82, 2.24) is 4.90 Å². The molecule has 0 aliphatic carbocycles. The normalized spacial score (nSPS) is 26.4. The van der Waals surface area contributed by atoms with Gasteiger partial charge in [-0.1, -0.05) is 43.2 Å². The van der Waals surface area contributed by atoms with E-state index in [0.29, 0.717) is 43.7 Å². The summed E-state index contributed by atoms with van der Waals surface area (Å²) in [6.07, 6.45) is 7.39. The standard InChI is InChI=1S/C36H45N3O6/c1-5-22-37(26-14-10-9-11-15-26)32(41)29-30-33(42)39(24-12-7-8-13-25-40)31(36(30)21-20-35(29,3)45-36)34(43)38(23-6-2)27-16-18-28(44-4)19-17-27/h5-6,9-11,14-19,29-31,40H,1-2,7-8,12-13,20-25H2,3-4H3/t29-,30-,31?,35+,36?/m0/s1. The monoisotopic (exact) mass is 615 g/mol. The molecule has 5 atom stereocenters. The highest BCUT2D eigenvalue weighted by Gasteiger charge is 2.78. The highest BCUT2D eigenvalue weighted by Crippen LogP contribution is 2.63. The second kappa shape index (κ2) is 13.6. The van der Waals surface area contributed by atoms with Gasteiger partial charge in [-0.2, -0.15) is 0 Å². The Labute approximate surface area is 266 Å². The summed E-state index contributed by atoms with van der Waals surface area (Å²) < 4.78 is 12.2. The number of ether oxygens (including phenoxy) is 2. The van der Waals surface area contributed by atoms with E-state index >= 15 is 0 Å². The van der Waals surface area contributed by atoms with Crippen LogP contribution in [0.1, 0.15) is 45.4 Å². The number of hydrogen-bond acceptors (Lipinski definition) is 6. The van der Waals surface area contributed by atoms with E-state index in [9.17, 15) is 19.5 Å². The molecule has 240 valence electrons. The molecule has 0 radical (unpaired) electrons. The number of anilines is 2. The van der Waals surface area contributed by atoms with Crippen LogP contribution in [0.3, 0.4) is 0 Å². The molecule has 3 amide bonds. The van der Waals surface area contributed by atoms with Crippen molar-refractivity contribution in [3.63, 3.8) is 0 Å². The molecule has 1 N–H and O–H groups in total. The van der Waals surface area contributed by atoms with E-state index < -0.39 is 29.1 Å². The number of carbonyl (C=O) groups is 3. The Morgan fingerprint density at radius 1 is 0.956 bits per heavy atom. The van der Waals surface area contributed by atoms with Gasteiger partial charge in [-0.15, -0.1) is 13.2 Å². The molecule has 45 heavy (non-hydrogen) atoms. The molecule has 2 unspecified atom stereocenters. The lowest BCUT2D eigenvalue weighted by molar-refractivity contribution is -0.144. The summed E-state index contributed by atoms with van der Waals surface area (Å²) in [6, 6.07) is 15.7. The highest BCUT2D eigenvalue weighted by atomic mass is 16.5. The van der Waals surface area contributed by atoms with Crippen molar-refractivity contribution < 1.29 is 29.0 Å². The van der Waals surface area contributed by atoms with Gasteiger partial charge in [0.05, 0.1) is 24.5 Å². The molecule has 3 heterocycles. The van der Waals surface area contributed by atoms with Crippen molar-refractivity contribution in [2.24, 2.45) is 11.8 Å². The number of fused-ring (bicyclic) bond motifs is 1. The number of aliphatic hydroxyl groups is 1. The largest absolute Gasteiger partial charge is 0.497 e. The number of methoxy groups -OCH3 is 1. The number of unbranched alkanes of at least 4 members (excludes halogenated alkanes) is 3. The van der Waals surface area contributed by atoms with Gasteiger partial charge in [-0.25, -0.2) is 0 Å². The zero-order chi connectivity index (χ0) is 32.2. The van der Waals surface area contributed by atoms with Crippen molar-refractivity contribution in [3.8, 4) is 5.75 Å². The summed E-state index contributed by atoms with van der Waals surface area (Å²) in [5.74, 6) is -1.56. The molecule has 3 aliphatic rings. The minimum absolute atomic E-state index is 0.117. The number of amides is 3.